The minimum Gasteiger partial charge on any atom is -0.491 e. The molecule has 2 rings (SSSR count). The highest BCUT2D eigenvalue weighted by molar-refractivity contribution is 9.10. The molecule has 1 aromatic carbocycles. The molecule has 0 unspecified atom stereocenters. The lowest BCUT2D eigenvalue weighted by Gasteiger charge is -2.08. The molecule has 1 N–H and O–H groups in total. The van der Waals surface area contributed by atoms with E-state index in [0.29, 0.717) is 30.3 Å². The van der Waals surface area contributed by atoms with Gasteiger partial charge < -0.3 is 14.8 Å². The Hall–Kier alpha value is -1.92. The number of methoxy groups -OCH3 is 1. The summed E-state index contributed by atoms with van der Waals surface area (Å²) < 4.78 is 11.2. The molecule has 1 amide bonds. The normalized spacial score (nSPS) is 10.2. The second kappa shape index (κ2) is 7.75. The van der Waals surface area contributed by atoms with Crippen molar-refractivity contribution in [2.75, 3.05) is 25.6 Å². The van der Waals surface area contributed by atoms with Crippen molar-refractivity contribution < 1.29 is 14.3 Å². The molecule has 0 spiro atoms. The molecule has 0 aliphatic rings. The number of benzene rings is 1. The molecule has 5 nitrogen and oxygen atoms in total. The number of nitrogens with one attached hydrogen (secondary N) is 1. The van der Waals surface area contributed by atoms with Gasteiger partial charge in [0.05, 0.1) is 6.61 Å². The number of hydrogen-bond acceptors (Lipinski definition) is 4. The van der Waals surface area contributed by atoms with Gasteiger partial charge in [0.1, 0.15) is 18.1 Å². The Balaban J connectivity index is 2.00. The van der Waals surface area contributed by atoms with Crippen LogP contribution in [0.5, 0.6) is 5.75 Å². The van der Waals surface area contributed by atoms with Crippen LogP contribution in [-0.4, -0.2) is 31.2 Å². The predicted molar refractivity (Wildman–Crippen MR) is 83.7 cm³/mol. The molecule has 0 aliphatic heterocycles. The van der Waals surface area contributed by atoms with Crippen LogP contribution in [-0.2, 0) is 4.74 Å². The van der Waals surface area contributed by atoms with Crippen LogP contribution in [0.2, 0.25) is 0 Å². The second-order valence-electron chi connectivity index (χ2n) is 4.18. The van der Waals surface area contributed by atoms with Crippen molar-refractivity contribution in [3.05, 3.63) is 52.8 Å². The highest BCUT2D eigenvalue weighted by atomic mass is 79.9. The van der Waals surface area contributed by atoms with Crippen LogP contribution in [0.3, 0.4) is 0 Å². The molecule has 1 aromatic heterocycles. The number of ether oxygens (including phenoxy) is 2. The number of hydrogen-bond donors (Lipinski definition) is 1. The van der Waals surface area contributed by atoms with Crippen molar-refractivity contribution in [2.45, 2.75) is 0 Å². The van der Waals surface area contributed by atoms with Gasteiger partial charge in [-0.3, -0.25) is 4.79 Å². The average Bonchev–Trinajstić information content (AvgIpc) is 2.48. The van der Waals surface area contributed by atoms with E-state index in [2.05, 4.69) is 26.2 Å². The number of aromatic nitrogens is 1. The van der Waals surface area contributed by atoms with Crippen molar-refractivity contribution in [1.82, 2.24) is 4.98 Å². The van der Waals surface area contributed by atoms with Gasteiger partial charge in [0.25, 0.3) is 5.91 Å². The number of anilines is 1. The van der Waals surface area contributed by atoms with Crippen molar-refractivity contribution in [3.63, 3.8) is 0 Å². The third kappa shape index (κ3) is 4.84. The van der Waals surface area contributed by atoms with Crippen LogP contribution < -0.4 is 10.1 Å². The van der Waals surface area contributed by atoms with Gasteiger partial charge in [-0.2, -0.15) is 0 Å². The lowest BCUT2D eigenvalue weighted by molar-refractivity contribution is 0.102. The molecule has 6 heteroatoms. The van der Waals surface area contributed by atoms with E-state index in [-0.39, 0.29) is 5.91 Å². The molecule has 0 fully saturated rings. The number of amides is 1. The second-order valence-corrected chi connectivity index (χ2v) is 5.10. The van der Waals surface area contributed by atoms with Crippen molar-refractivity contribution in [3.8, 4) is 5.75 Å². The monoisotopic (exact) mass is 350 g/mol. The smallest absolute Gasteiger partial charge is 0.274 e. The van der Waals surface area contributed by atoms with E-state index in [1.165, 1.54) is 0 Å². The van der Waals surface area contributed by atoms with Crippen LogP contribution in [0.1, 0.15) is 10.5 Å². The van der Waals surface area contributed by atoms with E-state index >= 15 is 0 Å². The summed E-state index contributed by atoms with van der Waals surface area (Å²) in [6.45, 7) is 0.974. The van der Waals surface area contributed by atoms with Gasteiger partial charge in [-0.15, -0.1) is 0 Å². The van der Waals surface area contributed by atoms with E-state index in [1.807, 2.05) is 12.1 Å². The number of rotatable bonds is 6. The molecule has 0 saturated carbocycles. The Morgan fingerprint density at radius 3 is 2.86 bits per heavy atom. The molecule has 0 aliphatic carbocycles. The van der Waals surface area contributed by atoms with E-state index in [1.54, 1.807) is 37.6 Å². The summed E-state index contributed by atoms with van der Waals surface area (Å²) in [5.41, 5.74) is 1.00. The summed E-state index contributed by atoms with van der Waals surface area (Å²) in [6.07, 6.45) is 1.58. The molecular weight excluding hydrogens is 336 g/mol. The van der Waals surface area contributed by atoms with E-state index in [4.69, 9.17) is 9.47 Å². The maximum atomic E-state index is 12.0. The zero-order valence-corrected chi connectivity index (χ0v) is 13.1. The number of carbonyl (C=O) groups is 1. The Morgan fingerprint density at radius 1 is 1.29 bits per heavy atom. The van der Waals surface area contributed by atoms with Crippen LogP contribution in [0.4, 0.5) is 5.69 Å². The van der Waals surface area contributed by atoms with Crippen molar-refractivity contribution in [1.29, 1.82) is 0 Å². The number of carbonyl (C=O) groups excluding carboxylic acids is 1. The summed E-state index contributed by atoms with van der Waals surface area (Å²) >= 11 is 3.28. The molecule has 0 saturated heterocycles. The van der Waals surface area contributed by atoms with E-state index in [9.17, 15) is 4.79 Å². The summed E-state index contributed by atoms with van der Waals surface area (Å²) in [6, 6.07) is 10.6. The number of pyridine rings is 1. The van der Waals surface area contributed by atoms with Crippen molar-refractivity contribution in [2.24, 2.45) is 0 Å². The molecule has 2 aromatic rings. The van der Waals surface area contributed by atoms with Gasteiger partial charge in [-0.1, -0.05) is 6.07 Å². The fraction of sp³-hybridized carbons (Fsp3) is 0.200. The first kappa shape index (κ1) is 15.5. The van der Waals surface area contributed by atoms with E-state index in [0.717, 1.165) is 4.47 Å². The van der Waals surface area contributed by atoms with Gasteiger partial charge >= 0.3 is 0 Å². The molecule has 0 atom stereocenters. The minimum atomic E-state index is -0.267. The maximum absolute atomic E-state index is 12.0. The van der Waals surface area contributed by atoms with E-state index < -0.39 is 0 Å². The minimum absolute atomic E-state index is 0.267. The number of nitrogens with zero attached hydrogens (tertiary/aromatic N) is 1. The zero-order chi connectivity index (χ0) is 15.1. The van der Waals surface area contributed by atoms with Gasteiger partial charge in [-0.05, 0) is 40.2 Å². The fourth-order valence-electron chi connectivity index (χ4n) is 1.61. The van der Waals surface area contributed by atoms with Crippen LogP contribution >= 0.6 is 15.9 Å². The Kier molecular flexibility index (Phi) is 5.71. The van der Waals surface area contributed by atoms with Crippen LogP contribution in [0.25, 0.3) is 0 Å². The largest absolute Gasteiger partial charge is 0.491 e. The first-order valence-electron chi connectivity index (χ1n) is 6.34. The van der Waals surface area contributed by atoms with Crippen LogP contribution in [0.15, 0.2) is 47.1 Å². The molecular formula is C15H15BrN2O3. The molecule has 21 heavy (non-hydrogen) atoms. The van der Waals surface area contributed by atoms with Gasteiger partial charge in [-0.25, -0.2) is 4.98 Å². The van der Waals surface area contributed by atoms with Crippen molar-refractivity contribution >= 4 is 27.5 Å². The summed E-state index contributed by atoms with van der Waals surface area (Å²) in [4.78, 5) is 16.1. The average molecular weight is 351 g/mol. The lowest BCUT2D eigenvalue weighted by Crippen LogP contribution is -2.13. The summed E-state index contributed by atoms with van der Waals surface area (Å²) in [7, 11) is 1.62. The number of halogens is 1. The Labute approximate surface area is 131 Å². The highest BCUT2D eigenvalue weighted by Gasteiger charge is 2.07. The first-order valence-corrected chi connectivity index (χ1v) is 7.13. The highest BCUT2D eigenvalue weighted by Crippen LogP contribution is 2.18. The van der Waals surface area contributed by atoms with Gasteiger partial charge in [0.2, 0.25) is 0 Å². The predicted octanol–water partition coefficient (Wildman–Crippen LogP) is 3.12. The zero-order valence-electron chi connectivity index (χ0n) is 11.5. The SMILES string of the molecule is COCCOc1cccc(NC(=O)c2ccc(Br)cn2)c1. The summed E-state index contributed by atoms with van der Waals surface area (Å²) in [5, 5.41) is 2.78. The summed E-state index contributed by atoms with van der Waals surface area (Å²) in [5.74, 6) is 0.408. The quantitative estimate of drug-likeness (QED) is 0.813. The first-order chi connectivity index (χ1) is 10.2. The molecule has 0 bridgehead atoms. The molecule has 1 heterocycles. The Morgan fingerprint density at radius 2 is 2.14 bits per heavy atom. The fourth-order valence-corrected chi connectivity index (χ4v) is 1.85. The van der Waals surface area contributed by atoms with Crippen LogP contribution in [0, 0.1) is 0 Å². The third-order valence-corrected chi connectivity index (χ3v) is 3.08. The van der Waals surface area contributed by atoms with Gasteiger partial charge in [0.15, 0.2) is 0 Å². The lowest BCUT2D eigenvalue weighted by atomic mass is 10.2. The third-order valence-electron chi connectivity index (χ3n) is 2.61. The van der Waals surface area contributed by atoms with Gasteiger partial charge in [0, 0.05) is 29.5 Å². The topological polar surface area (TPSA) is 60.5 Å². The molecule has 0 radical (unpaired) electrons. The standard InChI is InChI=1S/C15H15BrN2O3/c1-20-7-8-21-13-4-2-3-12(9-13)18-15(19)14-6-5-11(16)10-17-14/h2-6,9-10H,7-8H2,1H3,(H,18,19). The maximum Gasteiger partial charge on any atom is 0.274 e. The Bertz CT molecular complexity index is 602. The molecule has 110 valence electrons.